The van der Waals surface area contributed by atoms with Gasteiger partial charge in [0.1, 0.15) is 0 Å². The zero-order valence-electron chi connectivity index (χ0n) is 18.9. The Morgan fingerprint density at radius 3 is 2.64 bits per heavy atom. The Morgan fingerprint density at radius 2 is 1.91 bits per heavy atom. The zero-order valence-corrected chi connectivity index (χ0v) is 18.9. The van der Waals surface area contributed by atoms with Crippen LogP contribution in [0.2, 0.25) is 0 Å². The van der Waals surface area contributed by atoms with Crippen molar-refractivity contribution in [3.05, 3.63) is 65.5 Å². The smallest absolute Gasteiger partial charge is 0.338 e. The topological polar surface area (TPSA) is 97.6 Å². The van der Waals surface area contributed by atoms with Crippen LogP contribution in [-0.4, -0.2) is 46.6 Å². The summed E-state index contributed by atoms with van der Waals surface area (Å²) in [4.78, 5) is 31.4. The Bertz CT molecular complexity index is 1100. The summed E-state index contributed by atoms with van der Waals surface area (Å²) in [7, 11) is 0. The fraction of sp³-hybridized carbons (Fsp3) is 0.360. The molecule has 1 saturated heterocycles. The normalized spacial score (nSPS) is 14.7. The molecular weight excluding hydrogens is 420 g/mol. The van der Waals surface area contributed by atoms with E-state index in [0.717, 1.165) is 31.5 Å². The van der Waals surface area contributed by atoms with Crippen molar-refractivity contribution in [1.82, 2.24) is 15.0 Å². The van der Waals surface area contributed by atoms with Gasteiger partial charge in [0.25, 0.3) is 0 Å². The first-order chi connectivity index (χ1) is 16.0. The van der Waals surface area contributed by atoms with Gasteiger partial charge in [-0.3, -0.25) is 9.69 Å². The Hall–Kier alpha value is -3.52. The Labute approximate surface area is 192 Å². The summed E-state index contributed by atoms with van der Waals surface area (Å²) in [5, 5.41) is 7.03. The SMILES string of the molecule is CCOC(=O)c1cccc(NC(=O)C2CCN(Cc3nc(-c4ccc(C)cc4)no3)CC2)c1. The monoisotopic (exact) mass is 448 g/mol. The van der Waals surface area contributed by atoms with Crippen molar-refractivity contribution in [3.8, 4) is 11.4 Å². The fourth-order valence-electron chi connectivity index (χ4n) is 3.87. The molecule has 0 spiro atoms. The van der Waals surface area contributed by atoms with Gasteiger partial charge in [-0.25, -0.2) is 4.79 Å². The summed E-state index contributed by atoms with van der Waals surface area (Å²) in [5.41, 5.74) is 3.13. The predicted octanol–water partition coefficient (Wildman–Crippen LogP) is 4.07. The van der Waals surface area contributed by atoms with Crippen LogP contribution in [0.3, 0.4) is 0 Å². The number of aryl methyl sites for hydroxylation is 1. The van der Waals surface area contributed by atoms with Crippen LogP contribution in [0.25, 0.3) is 11.4 Å². The van der Waals surface area contributed by atoms with E-state index in [1.54, 1.807) is 31.2 Å². The second-order valence-corrected chi connectivity index (χ2v) is 8.22. The van der Waals surface area contributed by atoms with Crippen molar-refractivity contribution >= 4 is 17.6 Å². The minimum absolute atomic E-state index is 0.0323. The minimum Gasteiger partial charge on any atom is -0.462 e. The molecule has 0 atom stereocenters. The lowest BCUT2D eigenvalue weighted by Crippen LogP contribution is -2.37. The number of carbonyl (C=O) groups excluding carboxylic acids is 2. The third-order valence-corrected chi connectivity index (χ3v) is 5.74. The van der Waals surface area contributed by atoms with Crippen LogP contribution in [0.1, 0.15) is 41.6 Å². The highest BCUT2D eigenvalue weighted by atomic mass is 16.5. The molecule has 3 aromatic rings. The number of carbonyl (C=O) groups is 2. The number of hydrogen-bond acceptors (Lipinski definition) is 7. The number of ether oxygens (including phenoxy) is 1. The first-order valence-electron chi connectivity index (χ1n) is 11.2. The Balaban J connectivity index is 1.28. The molecule has 0 saturated carbocycles. The third-order valence-electron chi connectivity index (χ3n) is 5.74. The van der Waals surface area contributed by atoms with Gasteiger partial charge in [0, 0.05) is 17.2 Å². The number of esters is 1. The average molecular weight is 449 g/mol. The lowest BCUT2D eigenvalue weighted by Gasteiger charge is -2.30. The second kappa shape index (κ2) is 10.4. The predicted molar refractivity (Wildman–Crippen MR) is 124 cm³/mol. The molecular formula is C25H28N4O4. The molecule has 2 heterocycles. The van der Waals surface area contributed by atoms with Gasteiger partial charge >= 0.3 is 5.97 Å². The maximum Gasteiger partial charge on any atom is 0.338 e. The summed E-state index contributed by atoms with van der Waals surface area (Å²) >= 11 is 0. The van der Waals surface area contributed by atoms with E-state index in [1.165, 1.54) is 5.56 Å². The molecule has 0 unspecified atom stereocenters. The van der Waals surface area contributed by atoms with Gasteiger partial charge in [-0.1, -0.05) is 41.1 Å². The summed E-state index contributed by atoms with van der Waals surface area (Å²) in [6.07, 6.45) is 1.48. The first-order valence-corrected chi connectivity index (χ1v) is 11.2. The van der Waals surface area contributed by atoms with Gasteiger partial charge in [-0.15, -0.1) is 0 Å². The molecule has 33 heavy (non-hydrogen) atoms. The van der Waals surface area contributed by atoms with Gasteiger partial charge < -0.3 is 14.6 Å². The Kier molecular flexibility index (Phi) is 7.14. The lowest BCUT2D eigenvalue weighted by atomic mass is 9.95. The summed E-state index contributed by atoms with van der Waals surface area (Å²) in [6.45, 7) is 6.21. The molecule has 8 heteroatoms. The van der Waals surface area contributed by atoms with Crippen LogP contribution in [0.4, 0.5) is 5.69 Å². The van der Waals surface area contributed by atoms with E-state index < -0.39 is 5.97 Å². The van der Waals surface area contributed by atoms with Crippen LogP contribution < -0.4 is 5.32 Å². The number of anilines is 1. The maximum absolute atomic E-state index is 12.7. The third kappa shape index (κ3) is 5.84. The summed E-state index contributed by atoms with van der Waals surface area (Å²) < 4.78 is 10.5. The van der Waals surface area contributed by atoms with Crippen molar-refractivity contribution in [3.63, 3.8) is 0 Å². The number of nitrogens with zero attached hydrogens (tertiary/aromatic N) is 3. The molecule has 8 nitrogen and oxygen atoms in total. The van der Waals surface area contributed by atoms with Crippen LogP contribution in [0.5, 0.6) is 0 Å². The molecule has 1 aliphatic rings. The molecule has 2 aromatic carbocycles. The highest BCUT2D eigenvalue weighted by molar-refractivity contribution is 5.95. The van der Waals surface area contributed by atoms with Crippen molar-refractivity contribution in [2.75, 3.05) is 25.0 Å². The highest BCUT2D eigenvalue weighted by Crippen LogP contribution is 2.22. The van der Waals surface area contributed by atoms with Gasteiger partial charge in [0.15, 0.2) is 0 Å². The number of piperidine rings is 1. The quantitative estimate of drug-likeness (QED) is 0.544. The van der Waals surface area contributed by atoms with Crippen molar-refractivity contribution in [2.24, 2.45) is 5.92 Å². The summed E-state index contributed by atoms with van der Waals surface area (Å²) in [5.74, 6) is 0.649. The molecule has 1 fully saturated rings. The van der Waals surface area contributed by atoms with Gasteiger partial charge in [-0.05, 0) is 58.0 Å². The fourth-order valence-corrected chi connectivity index (χ4v) is 3.87. The summed E-state index contributed by atoms with van der Waals surface area (Å²) in [6, 6.07) is 14.8. The van der Waals surface area contributed by atoms with E-state index in [-0.39, 0.29) is 11.8 Å². The molecule has 0 bridgehead atoms. The molecule has 0 radical (unpaired) electrons. The number of aromatic nitrogens is 2. The molecule has 1 amide bonds. The molecule has 172 valence electrons. The van der Waals surface area contributed by atoms with E-state index >= 15 is 0 Å². The standard InChI is InChI=1S/C25H28N4O4/c1-3-32-25(31)20-5-4-6-21(15-20)26-24(30)19-11-13-29(14-12-19)16-22-27-23(28-33-22)18-9-7-17(2)8-10-18/h4-10,15,19H,3,11-14,16H2,1-2H3,(H,26,30). The van der Waals surface area contributed by atoms with E-state index in [0.29, 0.717) is 36.1 Å². The average Bonchev–Trinajstić information content (AvgIpc) is 3.29. The largest absolute Gasteiger partial charge is 0.462 e. The van der Waals surface area contributed by atoms with E-state index in [4.69, 9.17) is 9.26 Å². The zero-order chi connectivity index (χ0) is 23.2. The van der Waals surface area contributed by atoms with Gasteiger partial charge in [-0.2, -0.15) is 4.98 Å². The highest BCUT2D eigenvalue weighted by Gasteiger charge is 2.26. The molecule has 1 aromatic heterocycles. The lowest BCUT2D eigenvalue weighted by molar-refractivity contribution is -0.121. The number of benzene rings is 2. The molecule has 0 aliphatic carbocycles. The molecule has 4 rings (SSSR count). The van der Waals surface area contributed by atoms with Crippen LogP contribution in [0.15, 0.2) is 53.1 Å². The van der Waals surface area contributed by atoms with Crippen molar-refractivity contribution in [2.45, 2.75) is 33.2 Å². The van der Waals surface area contributed by atoms with Gasteiger partial charge in [0.05, 0.1) is 18.7 Å². The number of likely N-dealkylation sites (tertiary alicyclic amines) is 1. The van der Waals surface area contributed by atoms with Crippen molar-refractivity contribution in [1.29, 1.82) is 0 Å². The first kappa shape index (κ1) is 22.7. The van der Waals surface area contributed by atoms with Crippen LogP contribution in [0, 0.1) is 12.8 Å². The second-order valence-electron chi connectivity index (χ2n) is 8.22. The van der Waals surface area contributed by atoms with Crippen molar-refractivity contribution < 1.29 is 18.8 Å². The molecule has 1 N–H and O–H groups in total. The van der Waals surface area contributed by atoms with E-state index in [1.807, 2.05) is 31.2 Å². The van der Waals surface area contributed by atoms with Crippen LogP contribution in [-0.2, 0) is 16.1 Å². The van der Waals surface area contributed by atoms with Crippen LogP contribution >= 0.6 is 0 Å². The number of amides is 1. The van der Waals surface area contributed by atoms with E-state index in [2.05, 4.69) is 20.4 Å². The maximum atomic E-state index is 12.7. The number of hydrogen-bond donors (Lipinski definition) is 1. The van der Waals surface area contributed by atoms with Gasteiger partial charge in [0.2, 0.25) is 17.6 Å². The molecule has 1 aliphatic heterocycles. The Morgan fingerprint density at radius 1 is 1.15 bits per heavy atom. The van der Waals surface area contributed by atoms with E-state index in [9.17, 15) is 9.59 Å². The number of rotatable bonds is 7. The minimum atomic E-state index is -0.395. The number of nitrogens with one attached hydrogen (secondary N) is 1.